The first kappa shape index (κ1) is 10.6. The minimum Gasteiger partial charge on any atom is -0.228 e. The van der Waals surface area contributed by atoms with Crippen LogP contribution >= 0.6 is 0 Å². The van der Waals surface area contributed by atoms with Gasteiger partial charge in [-0.25, -0.2) is 12.8 Å². The van der Waals surface area contributed by atoms with Gasteiger partial charge in [-0.1, -0.05) is 17.7 Å². The van der Waals surface area contributed by atoms with Crippen molar-refractivity contribution < 1.29 is 12.8 Å². The van der Waals surface area contributed by atoms with E-state index < -0.39 is 15.7 Å². The highest BCUT2D eigenvalue weighted by atomic mass is 32.2. The van der Waals surface area contributed by atoms with Crippen molar-refractivity contribution in [3.05, 3.63) is 35.1 Å². The number of sulfone groups is 1. The van der Waals surface area contributed by atoms with Crippen molar-refractivity contribution in [1.29, 1.82) is 0 Å². The lowest BCUT2D eigenvalue weighted by Crippen LogP contribution is -2.11. The smallest absolute Gasteiger partial charge is 0.157 e. The highest BCUT2D eigenvalue weighted by molar-refractivity contribution is 7.91. The Morgan fingerprint density at radius 2 is 2.07 bits per heavy atom. The van der Waals surface area contributed by atoms with Gasteiger partial charge in [-0.3, -0.25) is 0 Å². The maximum Gasteiger partial charge on any atom is 0.157 e. The molecule has 0 bridgehead atoms. The fourth-order valence-corrected chi connectivity index (χ4v) is 3.32. The molecule has 1 saturated carbocycles. The summed E-state index contributed by atoms with van der Waals surface area (Å²) >= 11 is 0. The molecular formula is C11H13FO2S. The molecule has 0 saturated heterocycles. The van der Waals surface area contributed by atoms with Crippen molar-refractivity contribution in [2.24, 2.45) is 0 Å². The molecule has 0 aromatic heterocycles. The lowest BCUT2D eigenvalue weighted by molar-refractivity contribution is 0.586. The Labute approximate surface area is 89.0 Å². The topological polar surface area (TPSA) is 34.1 Å². The van der Waals surface area contributed by atoms with Crippen LogP contribution in [0.2, 0.25) is 0 Å². The van der Waals surface area contributed by atoms with E-state index in [1.807, 2.05) is 6.92 Å². The SMILES string of the molecule is Cc1ccc(F)c(CS(=O)(=O)C2CC2)c1. The normalized spacial score (nSPS) is 16.7. The van der Waals surface area contributed by atoms with Crippen molar-refractivity contribution >= 4 is 9.84 Å². The molecule has 0 unspecified atom stereocenters. The van der Waals surface area contributed by atoms with Crippen LogP contribution in [-0.2, 0) is 15.6 Å². The quantitative estimate of drug-likeness (QED) is 0.795. The summed E-state index contributed by atoms with van der Waals surface area (Å²) in [6.07, 6.45) is 1.46. The molecule has 0 N–H and O–H groups in total. The summed E-state index contributed by atoms with van der Waals surface area (Å²) in [5, 5.41) is -0.225. The second-order valence-electron chi connectivity index (χ2n) is 4.10. The molecule has 1 aromatic rings. The zero-order chi connectivity index (χ0) is 11.1. The summed E-state index contributed by atoms with van der Waals surface area (Å²) in [6, 6.07) is 4.57. The Hall–Kier alpha value is -0.900. The molecule has 4 heteroatoms. The van der Waals surface area contributed by atoms with Crippen LogP contribution < -0.4 is 0 Å². The maximum atomic E-state index is 13.3. The monoisotopic (exact) mass is 228 g/mol. The van der Waals surface area contributed by atoms with Gasteiger partial charge in [0.2, 0.25) is 0 Å². The highest BCUT2D eigenvalue weighted by Crippen LogP contribution is 2.31. The summed E-state index contributed by atoms with van der Waals surface area (Å²) in [7, 11) is -3.12. The largest absolute Gasteiger partial charge is 0.228 e. The Bertz CT molecular complexity index is 475. The molecule has 82 valence electrons. The van der Waals surface area contributed by atoms with Crippen molar-refractivity contribution in [3.8, 4) is 0 Å². The number of hydrogen-bond donors (Lipinski definition) is 0. The van der Waals surface area contributed by atoms with Crippen LogP contribution in [-0.4, -0.2) is 13.7 Å². The molecule has 0 amide bonds. The first-order valence-corrected chi connectivity index (χ1v) is 6.67. The summed E-state index contributed by atoms with van der Waals surface area (Å²) in [4.78, 5) is 0. The summed E-state index contributed by atoms with van der Waals surface area (Å²) < 4.78 is 36.6. The molecule has 1 aliphatic rings. The van der Waals surface area contributed by atoms with E-state index in [1.54, 1.807) is 12.1 Å². The third kappa shape index (κ3) is 2.37. The fraction of sp³-hybridized carbons (Fsp3) is 0.455. The number of halogens is 1. The molecule has 1 fully saturated rings. The molecule has 0 aliphatic heterocycles. The first-order chi connectivity index (χ1) is 6.99. The average molecular weight is 228 g/mol. The van der Waals surface area contributed by atoms with E-state index in [1.165, 1.54) is 6.07 Å². The van der Waals surface area contributed by atoms with Crippen LogP contribution in [0.15, 0.2) is 18.2 Å². The molecule has 0 heterocycles. The predicted octanol–water partition coefficient (Wildman–Crippen LogP) is 2.21. The average Bonchev–Trinajstić information content (AvgIpc) is 2.93. The van der Waals surface area contributed by atoms with E-state index in [-0.39, 0.29) is 11.0 Å². The Morgan fingerprint density at radius 3 is 2.67 bits per heavy atom. The van der Waals surface area contributed by atoms with E-state index in [0.29, 0.717) is 5.56 Å². The van der Waals surface area contributed by atoms with Crippen LogP contribution in [0.25, 0.3) is 0 Å². The van der Waals surface area contributed by atoms with Crippen LogP contribution in [0, 0.1) is 12.7 Å². The maximum absolute atomic E-state index is 13.3. The minimum absolute atomic E-state index is 0.162. The van der Waals surface area contributed by atoms with E-state index >= 15 is 0 Å². The molecule has 2 rings (SSSR count). The third-order valence-corrected chi connectivity index (χ3v) is 4.79. The van der Waals surface area contributed by atoms with Crippen molar-refractivity contribution in [1.82, 2.24) is 0 Å². The van der Waals surface area contributed by atoms with E-state index in [0.717, 1.165) is 18.4 Å². The van der Waals surface area contributed by atoms with E-state index in [2.05, 4.69) is 0 Å². The first-order valence-electron chi connectivity index (χ1n) is 4.95. The van der Waals surface area contributed by atoms with Gasteiger partial charge in [0, 0.05) is 5.56 Å². The summed E-state index contributed by atoms with van der Waals surface area (Å²) in [6.45, 7) is 1.83. The summed E-state index contributed by atoms with van der Waals surface area (Å²) in [5.74, 6) is -0.588. The number of aryl methyl sites for hydroxylation is 1. The third-order valence-electron chi connectivity index (χ3n) is 2.59. The Kier molecular flexibility index (Phi) is 2.54. The Balaban J connectivity index is 2.27. The summed E-state index contributed by atoms with van der Waals surface area (Å²) in [5.41, 5.74) is 1.18. The second-order valence-corrected chi connectivity index (χ2v) is 6.38. The number of hydrogen-bond acceptors (Lipinski definition) is 2. The van der Waals surface area contributed by atoms with Gasteiger partial charge in [-0.05, 0) is 25.8 Å². The minimum atomic E-state index is -3.12. The van der Waals surface area contributed by atoms with Crippen molar-refractivity contribution in [2.75, 3.05) is 0 Å². The molecular weight excluding hydrogens is 215 g/mol. The lowest BCUT2D eigenvalue weighted by atomic mass is 10.1. The van der Waals surface area contributed by atoms with Gasteiger partial charge in [0.05, 0.1) is 11.0 Å². The predicted molar refractivity (Wildman–Crippen MR) is 56.8 cm³/mol. The molecule has 15 heavy (non-hydrogen) atoms. The van der Waals surface area contributed by atoms with E-state index in [9.17, 15) is 12.8 Å². The van der Waals surface area contributed by atoms with Gasteiger partial charge in [0.1, 0.15) is 5.82 Å². The highest BCUT2D eigenvalue weighted by Gasteiger charge is 2.35. The van der Waals surface area contributed by atoms with Gasteiger partial charge >= 0.3 is 0 Å². The Morgan fingerprint density at radius 1 is 1.40 bits per heavy atom. The van der Waals surface area contributed by atoms with Gasteiger partial charge in [-0.15, -0.1) is 0 Å². The molecule has 1 aliphatic carbocycles. The lowest BCUT2D eigenvalue weighted by Gasteiger charge is -2.05. The van der Waals surface area contributed by atoms with Gasteiger partial charge < -0.3 is 0 Å². The fourth-order valence-electron chi connectivity index (χ4n) is 1.58. The van der Waals surface area contributed by atoms with Crippen LogP contribution in [0.3, 0.4) is 0 Å². The zero-order valence-electron chi connectivity index (χ0n) is 8.53. The van der Waals surface area contributed by atoms with Crippen molar-refractivity contribution in [3.63, 3.8) is 0 Å². The van der Waals surface area contributed by atoms with Crippen molar-refractivity contribution in [2.45, 2.75) is 30.8 Å². The van der Waals surface area contributed by atoms with Gasteiger partial charge in [-0.2, -0.15) is 0 Å². The van der Waals surface area contributed by atoms with Crippen LogP contribution in [0.4, 0.5) is 4.39 Å². The van der Waals surface area contributed by atoms with Crippen LogP contribution in [0.1, 0.15) is 24.0 Å². The number of rotatable bonds is 3. The molecule has 0 radical (unpaired) electrons. The zero-order valence-corrected chi connectivity index (χ0v) is 9.35. The standard InChI is InChI=1S/C11H13FO2S/c1-8-2-5-11(12)9(6-8)7-15(13,14)10-3-4-10/h2,5-6,10H,3-4,7H2,1H3. The van der Waals surface area contributed by atoms with Crippen LogP contribution in [0.5, 0.6) is 0 Å². The second kappa shape index (κ2) is 3.59. The van der Waals surface area contributed by atoms with Gasteiger partial charge in [0.25, 0.3) is 0 Å². The van der Waals surface area contributed by atoms with E-state index in [4.69, 9.17) is 0 Å². The molecule has 0 spiro atoms. The molecule has 1 aromatic carbocycles. The number of benzene rings is 1. The van der Waals surface area contributed by atoms with Gasteiger partial charge in [0.15, 0.2) is 9.84 Å². The molecule has 2 nitrogen and oxygen atoms in total. The molecule has 0 atom stereocenters.